The van der Waals surface area contributed by atoms with Crippen molar-refractivity contribution in [3.63, 3.8) is 0 Å². The lowest BCUT2D eigenvalue weighted by Crippen LogP contribution is -1.88. The van der Waals surface area contributed by atoms with Crippen molar-refractivity contribution in [2.75, 3.05) is 0 Å². The first kappa shape index (κ1) is 14.5. The van der Waals surface area contributed by atoms with Gasteiger partial charge >= 0.3 is 0 Å². The van der Waals surface area contributed by atoms with Crippen molar-refractivity contribution < 1.29 is 4.92 Å². The summed E-state index contributed by atoms with van der Waals surface area (Å²) >= 11 is 19.0. The molecule has 2 rings (SSSR count). The van der Waals surface area contributed by atoms with Crippen LogP contribution in [0.1, 0.15) is 0 Å². The van der Waals surface area contributed by atoms with Crippen LogP contribution in [0.5, 0.6) is 0 Å². The van der Waals surface area contributed by atoms with Crippen molar-refractivity contribution >= 4 is 52.3 Å². The van der Waals surface area contributed by atoms with Gasteiger partial charge < -0.3 is 0 Å². The Morgan fingerprint density at radius 2 is 1.74 bits per heavy atom. The van der Waals surface area contributed by atoms with Crippen LogP contribution in [-0.2, 0) is 0 Å². The Balaban J connectivity index is 2.35. The van der Waals surface area contributed by atoms with E-state index in [0.29, 0.717) is 20.0 Å². The predicted octanol–water partition coefficient (Wildman–Crippen LogP) is 5.71. The Morgan fingerprint density at radius 1 is 1.00 bits per heavy atom. The van der Waals surface area contributed by atoms with Crippen LogP contribution in [0.3, 0.4) is 0 Å². The minimum atomic E-state index is -0.487. The third-order valence-corrected chi connectivity index (χ3v) is 4.11. The van der Waals surface area contributed by atoms with E-state index in [1.54, 1.807) is 24.3 Å². The lowest BCUT2D eigenvalue weighted by atomic mass is 10.3. The highest BCUT2D eigenvalue weighted by Gasteiger charge is 2.11. The molecule has 0 saturated carbocycles. The van der Waals surface area contributed by atoms with E-state index in [-0.39, 0.29) is 5.69 Å². The highest BCUT2D eigenvalue weighted by atomic mass is 35.5. The lowest BCUT2D eigenvalue weighted by molar-refractivity contribution is -0.385. The summed E-state index contributed by atoms with van der Waals surface area (Å²) in [5.74, 6) is 0. The standard InChI is InChI=1S/C12H6Cl3NO2S/c13-7-1-2-12(11(15)5-7)19-10-4-8(14)3-9(6-10)16(17)18/h1-6H. The van der Waals surface area contributed by atoms with Gasteiger partial charge in [-0.05, 0) is 24.3 Å². The minimum Gasteiger partial charge on any atom is -0.258 e. The Bertz CT molecular complexity index is 649. The predicted molar refractivity (Wildman–Crippen MR) is 78.7 cm³/mol. The summed E-state index contributed by atoms with van der Waals surface area (Å²) in [6, 6.07) is 9.46. The number of non-ortho nitro benzene ring substituents is 1. The summed E-state index contributed by atoms with van der Waals surface area (Å²) in [5, 5.41) is 12.1. The average Bonchev–Trinajstić information content (AvgIpc) is 2.32. The van der Waals surface area contributed by atoms with Crippen LogP contribution in [0.2, 0.25) is 15.1 Å². The molecule has 0 amide bonds. The minimum absolute atomic E-state index is 0.0555. The maximum absolute atomic E-state index is 10.8. The summed E-state index contributed by atoms with van der Waals surface area (Å²) in [6.07, 6.45) is 0. The van der Waals surface area contributed by atoms with E-state index in [1.807, 2.05) is 0 Å². The summed E-state index contributed by atoms with van der Waals surface area (Å²) in [5.41, 5.74) is -0.0555. The summed E-state index contributed by atoms with van der Waals surface area (Å²) < 4.78 is 0. The molecule has 0 N–H and O–H groups in total. The molecule has 7 heteroatoms. The second-order valence-corrected chi connectivity index (χ2v) is 5.97. The molecule has 0 aromatic heterocycles. The molecule has 3 nitrogen and oxygen atoms in total. The fourth-order valence-electron chi connectivity index (χ4n) is 1.40. The van der Waals surface area contributed by atoms with Crippen LogP contribution >= 0.6 is 46.6 Å². The molecule has 0 aliphatic carbocycles. The van der Waals surface area contributed by atoms with Crippen LogP contribution < -0.4 is 0 Å². The maximum Gasteiger partial charge on any atom is 0.272 e. The van der Waals surface area contributed by atoms with Gasteiger partial charge in [-0.25, -0.2) is 0 Å². The number of nitro benzene ring substituents is 1. The number of halogens is 3. The third kappa shape index (κ3) is 3.76. The van der Waals surface area contributed by atoms with Gasteiger partial charge in [-0.2, -0.15) is 0 Å². The van der Waals surface area contributed by atoms with Crippen LogP contribution in [0, 0.1) is 10.1 Å². The van der Waals surface area contributed by atoms with E-state index < -0.39 is 4.92 Å². The summed E-state index contributed by atoms with van der Waals surface area (Å²) in [6.45, 7) is 0. The van der Waals surface area contributed by atoms with Crippen LogP contribution in [-0.4, -0.2) is 4.92 Å². The smallest absolute Gasteiger partial charge is 0.258 e. The molecule has 0 unspecified atom stereocenters. The molecule has 0 atom stereocenters. The molecule has 0 bridgehead atoms. The van der Waals surface area contributed by atoms with Crippen LogP contribution in [0.15, 0.2) is 46.2 Å². The van der Waals surface area contributed by atoms with Crippen LogP contribution in [0.4, 0.5) is 5.69 Å². The average molecular weight is 335 g/mol. The van der Waals surface area contributed by atoms with E-state index >= 15 is 0 Å². The molecule has 0 saturated heterocycles. The van der Waals surface area contributed by atoms with Gasteiger partial charge in [0.2, 0.25) is 0 Å². The molecular weight excluding hydrogens is 329 g/mol. The third-order valence-electron chi connectivity index (χ3n) is 2.19. The summed E-state index contributed by atoms with van der Waals surface area (Å²) in [4.78, 5) is 11.7. The van der Waals surface area contributed by atoms with E-state index in [4.69, 9.17) is 34.8 Å². The first-order chi connectivity index (χ1) is 8.95. The van der Waals surface area contributed by atoms with Gasteiger partial charge in [0.15, 0.2) is 0 Å². The molecule has 2 aromatic carbocycles. The lowest BCUT2D eigenvalue weighted by Gasteiger charge is -2.05. The fourth-order valence-corrected chi connectivity index (χ4v) is 3.13. The topological polar surface area (TPSA) is 43.1 Å². The summed E-state index contributed by atoms with van der Waals surface area (Å²) in [7, 11) is 0. The van der Waals surface area contributed by atoms with Crippen molar-refractivity contribution in [1.29, 1.82) is 0 Å². The number of rotatable bonds is 3. The first-order valence-corrected chi connectivity index (χ1v) is 6.98. The highest BCUT2D eigenvalue weighted by Crippen LogP contribution is 2.37. The molecule has 19 heavy (non-hydrogen) atoms. The quantitative estimate of drug-likeness (QED) is 0.533. The van der Waals surface area contributed by atoms with Gasteiger partial charge in [0, 0.05) is 32.0 Å². The zero-order valence-corrected chi connectivity index (χ0v) is 12.4. The largest absolute Gasteiger partial charge is 0.272 e. The molecule has 0 fully saturated rings. The SMILES string of the molecule is O=[N+]([O-])c1cc(Cl)cc(Sc2ccc(Cl)cc2Cl)c1. The van der Waals surface area contributed by atoms with Gasteiger partial charge in [0.25, 0.3) is 5.69 Å². The van der Waals surface area contributed by atoms with Gasteiger partial charge in [0.1, 0.15) is 0 Å². The number of hydrogen-bond acceptors (Lipinski definition) is 3. The molecule has 0 spiro atoms. The van der Waals surface area contributed by atoms with Gasteiger partial charge in [0.05, 0.1) is 9.95 Å². The number of hydrogen-bond donors (Lipinski definition) is 0. The maximum atomic E-state index is 10.8. The van der Waals surface area contributed by atoms with Crippen molar-refractivity contribution in [3.8, 4) is 0 Å². The van der Waals surface area contributed by atoms with Crippen LogP contribution in [0.25, 0.3) is 0 Å². The number of nitro groups is 1. The molecular formula is C12H6Cl3NO2S. The van der Waals surface area contributed by atoms with Crippen molar-refractivity contribution in [1.82, 2.24) is 0 Å². The number of benzene rings is 2. The van der Waals surface area contributed by atoms with E-state index in [9.17, 15) is 10.1 Å². The molecule has 0 aliphatic heterocycles. The van der Waals surface area contributed by atoms with Gasteiger partial charge in [-0.1, -0.05) is 46.6 Å². The van der Waals surface area contributed by atoms with Crippen molar-refractivity contribution in [3.05, 3.63) is 61.6 Å². The fraction of sp³-hybridized carbons (Fsp3) is 0. The zero-order valence-electron chi connectivity index (χ0n) is 9.27. The normalized spacial score (nSPS) is 10.5. The second kappa shape index (κ2) is 6.01. The molecule has 0 radical (unpaired) electrons. The van der Waals surface area contributed by atoms with Crippen molar-refractivity contribution in [2.24, 2.45) is 0 Å². The Labute approximate surface area is 128 Å². The zero-order chi connectivity index (χ0) is 14.0. The molecule has 0 heterocycles. The van der Waals surface area contributed by atoms with E-state index in [0.717, 1.165) is 4.90 Å². The Kier molecular flexibility index (Phi) is 4.58. The number of nitrogens with zero attached hydrogens (tertiary/aromatic N) is 1. The monoisotopic (exact) mass is 333 g/mol. The van der Waals surface area contributed by atoms with E-state index in [2.05, 4.69) is 0 Å². The second-order valence-electron chi connectivity index (χ2n) is 3.58. The Morgan fingerprint density at radius 3 is 2.37 bits per heavy atom. The van der Waals surface area contributed by atoms with Crippen molar-refractivity contribution in [2.45, 2.75) is 9.79 Å². The highest BCUT2D eigenvalue weighted by molar-refractivity contribution is 7.99. The Hall–Kier alpha value is -0.940. The molecule has 0 aliphatic rings. The van der Waals surface area contributed by atoms with Gasteiger partial charge in [-0.15, -0.1) is 0 Å². The van der Waals surface area contributed by atoms with Gasteiger partial charge in [-0.3, -0.25) is 10.1 Å². The molecule has 2 aromatic rings. The molecule has 98 valence electrons. The van der Waals surface area contributed by atoms with E-state index in [1.165, 1.54) is 23.9 Å². The first-order valence-electron chi connectivity index (χ1n) is 5.03.